The summed E-state index contributed by atoms with van der Waals surface area (Å²) in [5.74, 6) is -1.25. The third kappa shape index (κ3) is 4.01. The van der Waals surface area contributed by atoms with E-state index in [1.54, 1.807) is 0 Å². The fraction of sp³-hybridized carbons (Fsp3) is 0.333. The van der Waals surface area contributed by atoms with E-state index >= 15 is 0 Å². The van der Waals surface area contributed by atoms with Crippen LogP contribution in [0.15, 0.2) is 18.2 Å². The molecule has 1 amide bonds. The minimum Gasteiger partial charge on any atom is -0.478 e. The van der Waals surface area contributed by atoms with Crippen LogP contribution in [0.2, 0.25) is 5.02 Å². The molecule has 98 valence electrons. The molecule has 1 rings (SSSR count). The van der Waals surface area contributed by atoms with Gasteiger partial charge in [-0.15, -0.1) is 0 Å². The van der Waals surface area contributed by atoms with Crippen molar-refractivity contribution in [3.63, 3.8) is 0 Å². The molecule has 0 aromatic heterocycles. The molecule has 0 fully saturated rings. The summed E-state index contributed by atoms with van der Waals surface area (Å²) in [4.78, 5) is 22.4. The van der Waals surface area contributed by atoms with E-state index < -0.39 is 5.97 Å². The Hall–Kier alpha value is -1.59. The molecule has 1 unspecified atom stereocenters. The average Bonchev–Trinajstić information content (AvgIpc) is 2.31. The highest BCUT2D eigenvalue weighted by atomic mass is 35.5. The topological polar surface area (TPSA) is 92.4 Å². The maximum atomic E-state index is 11.6. The van der Waals surface area contributed by atoms with Crippen LogP contribution in [0.3, 0.4) is 0 Å². The maximum absolute atomic E-state index is 11.6. The molecule has 0 radical (unpaired) electrons. The lowest BCUT2D eigenvalue weighted by molar-refractivity contribution is -0.116. The summed E-state index contributed by atoms with van der Waals surface area (Å²) in [6.45, 7) is 2.27. The van der Waals surface area contributed by atoms with Gasteiger partial charge in [-0.1, -0.05) is 18.5 Å². The van der Waals surface area contributed by atoms with E-state index in [-0.39, 0.29) is 23.8 Å². The van der Waals surface area contributed by atoms with Crippen LogP contribution in [-0.2, 0) is 4.79 Å². The lowest BCUT2D eigenvalue weighted by atomic mass is 10.1. The first-order valence-corrected chi connectivity index (χ1v) is 5.84. The van der Waals surface area contributed by atoms with Crippen molar-refractivity contribution in [1.29, 1.82) is 0 Å². The van der Waals surface area contributed by atoms with Gasteiger partial charge in [-0.05, 0) is 30.7 Å². The zero-order chi connectivity index (χ0) is 13.7. The Balaban J connectivity index is 2.80. The Morgan fingerprint density at radius 3 is 2.72 bits per heavy atom. The van der Waals surface area contributed by atoms with Crippen LogP contribution in [0.4, 0.5) is 5.69 Å². The molecule has 0 saturated heterocycles. The number of nitrogens with one attached hydrogen (secondary N) is 1. The molecule has 1 atom stereocenters. The van der Waals surface area contributed by atoms with Crippen LogP contribution >= 0.6 is 11.6 Å². The van der Waals surface area contributed by atoms with Gasteiger partial charge >= 0.3 is 5.97 Å². The van der Waals surface area contributed by atoms with Crippen molar-refractivity contribution in [2.45, 2.75) is 13.3 Å². The number of benzene rings is 1. The van der Waals surface area contributed by atoms with Gasteiger partial charge in [0.25, 0.3) is 0 Å². The number of rotatable bonds is 5. The molecule has 0 aliphatic rings. The third-order valence-corrected chi connectivity index (χ3v) is 2.75. The standard InChI is InChI=1S/C12H15ClN2O3/c1-7(6-14)4-11(16)15-10-5-8(12(17)18)2-3-9(10)13/h2-3,5,7H,4,6,14H2,1H3,(H,15,16)(H,17,18). The molecular formula is C12H15ClN2O3. The van der Waals surface area contributed by atoms with Gasteiger partial charge in [-0.2, -0.15) is 0 Å². The van der Waals surface area contributed by atoms with Crippen molar-refractivity contribution in [2.75, 3.05) is 11.9 Å². The smallest absolute Gasteiger partial charge is 0.335 e. The average molecular weight is 271 g/mol. The summed E-state index contributed by atoms with van der Waals surface area (Å²) in [6, 6.07) is 4.14. The number of hydrogen-bond donors (Lipinski definition) is 3. The van der Waals surface area contributed by atoms with Crippen molar-refractivity contribution in [3.8, 4) is 0 Å². The number of carbonyl (C=O) groups is 2. The number of aromatic carboxylic acids is 1. The fourth-order valence-electron chi connectivity index (χ4n) is 1.36. The number of hydrogen-bond acceptors (Lipinski definition) is 3. The normalized spacial score (nSPS) is 11.9. The van der Waals surface area contributed by atoms with Crippen molar-refractivity contribution < 1.29 is 14.7 Å². The monoisotopic (exact) mass is 270 g/mol. The molecule has 0 aliphatic carbocycles. The lowest BCUT2D eigenvalue weighted by Crippen LogP contribution is -2.20. The van der Waals surface area contributed by atoms with Crippen molar-refractivity contribution >= 4 is 29.2 Å². The van der Waals surface area contributed by atoms with Crippen LogP contribution in [0, 0.1) is 5.92 Å². The minimum atomic E-state index is -1.07. The molecule has 0 heterocycles. The number of carboxylic acids is 1. The van der Waals surface area contributed by atoms with Crippen LogP contribution in [-0.4, -0.2) is 23.5 Å². The van der Waals surface area contributed by atoms with Gasteiger partial charge in [0.2, 0.25) is 5.91 Å². The molecule has 0 saturated carbocycles. The first-order valence-electron chi connectivity index (χ1n) is 5.46. The summed E-state index contributed by atoms with van der Waals surface area (Å²) in [5, 5.41) is 11.7. The van der Waals surface area contributed by atoms with Gasteiger partial charge in [-0.3, -0.25) is 4.79 Å². The summed E-state index contributed by atoms with van der Waals surface area (Å²) in [5.41, 5.74) is 5.79. The first-order chi connectivity index (χ1) is 8.43. The van der Waals surface area contributed by atoms with Crippen molar-refractivity contribution in [3.05, 3.63) is 28.8 Å². The molecule has 0 aliphatic heterocycles. The van der Waals surface area contributed by atoms with Gasteiger partial charge in [0.1, 0.15) is 0 Å². The largest absolute Gasteiger partial charge is 0.478 e. The molecule has 5 nitrogen and oxygen atoms in total. The highest BCUT2D eigenvalue weighted by Crippen LogP contribution is 2.23. The summed E-state index contributed by atoms with van der Waals surface area (Å²) >= 11 is 5.88. The molecular weight excluding hydrogens is 256 g/mol. The van der Waals surface area contributed by atoms with E-state index in [1.165, 1.54) is 18.2 Å². The van der Waals surface area contributed by atoms with Crippen LogP contribution < -0.4 is 11.1 Å². The quantitative estimate of drug-likeness (QED) is 0.762. The number of carboxylic acid groups (broad SMARTS) is 1. The highest BCUT2D eigenvalue weighted by Gasteiger charge is 2.12. The molecule has 4 N–H and O–H groups in total. The van der Waals surface area contributed by atoms with Crippen LogP contribution in [0.1, 0.15) is 23.7 Å². The van der Waals surface area contributed by atoms with Gasteiger partial charge in [-0.25, -0.2) is 4.79 Å². The van der Waals surface area contributed by atoms with Crippen LogP contribution in [0.25, 0.3) is 0 Å². The molecule has 6 heteroatoms. The first kappa shape index (κ1) is 14.5. The van der Waals surface area contributed by atoms with E-state index in [0.29, 0.717) is 17.3 Å². The van der Waals surface area contributed by atoms with E-state index in [2.05, 4.69) is 5.32 Å². The second-order valence-electron chi connectivity index (χ2n) is 4.09. The maximum Gasteiger partial charge on any atom is 0.335 e. The third-order valence-electron chi connectivity index (χ3n) is 2.42. The zero-order valence-corrected chi connectivity index (χ0v) is 10.7. The predicted octanol–water partition coefficient (Wildman–Crippen LogP) is 1.96. The van der Waals surface area contributed by atoms with Crippen LogP contribution in [0.5, 0.6) is 0 Å². The zero-order valence-electron chi connectivity index (χ0n) is 9.94. The number of anilines is 1. The van der Waals surface area contributed by atoms with Gasteiger partial charge in [0.05, 0.1) is 16.3 Å². The highest BCUT2D eigenvalue weighted by molar-refractivity contribution is 6.33. The number of carbonyl (C=O) groups excluding carboxylic acids is 1. The fourth-order valence-corrected chi connectivity index (χ4v) is 1.52. The second kappa shape index (κ2) is 6.37. The molecule has 1 aromatic rings. The van der Waals surface area contributed by atoms with E-state index in [4.69, 9.17) is 22.4 Å². The summed E-state index contributed by atoms with van der Waals surface area (Å²) < 4.78 is 0. The predicted molar refractivity (Wildman–Crippen MR) is 69.9 cm³/mol. The molecule has 18 heavy (non-hydrogen) atoms. The summed E-state index contributed by atoms with van der Waals surface area (Å²) in [7, 11) is 0. The van der Waals surface area contributed by atoms with E-state index in [1.807, 2.05) is 6.92 Å². The second-order valence-corrected chi connectivity index (χ2v) is 4.50. The van der Waals surface area contributed by atoms with Crippen molar-refractivity contribution in [2.24, 2.45) is 11.7 Å². The van der Waals surface area contributed by atoms with Gasteiger partial charge in [0, 0.05) is 6.42 Å². The molecule has 0 bridgehead atoms. The summed E-state index contributed by atoms with van der Waals surface area (Å²) in [6.07, 6.45) is 0.268. The van der Waals surface area contributed by atoms with E-state index in [9.17, 15) is 9.59 Å². The molecule has 0 spiro atoms. The van der Waals surface area contributed by atoms with E-state index in [0.717, 1.165) is 0 Å². The Labute approximate surface area is 110 Å². The Bertz CT molecular complexity index is 463. The Morgan fingerprint density at radius 1 is 1.50 bits per heavy atom. The lowest BCUT2D eigenvalue weighted by Gasteiger charge is -2.10. The number of halogens is 1. The van der Waals surface area contributed by atoms with Gasteiger partial charge in [0.15, 0.2) is 0 Å². The minimum absolute atomic E-state index is 0.0615. The SMILES string of the molecule is CC(CN)CC(=O)Nc1cc(C(=O)O)ccc1Cl. The Morgan fingerprint density at radius 2 is 2.17 bits per heavy atom. The van der Waals surface area contributed by atoms with Gasteiger partial charge < -0.3 is 16.2 Å². The Kier molecular flexibility index (Phi) is 5.12. The number of amides is 1. The van der Waals surface area contributed by atoms with Crippen molar-refractivity contribution in [1.82, 2.24) is 0 Å². The molecule has 1 aromatic carbocycles. The number of nitrogens with two attached hydrogens (primary N) is 1.